The highest BCUT2D eigenvalue weighted by Crippen LogP contribution is 1.78. The van der Waals surface area contributed by atoms with E-state index in [1.807, 2.05) is 5.32 Å². The Morgan fingerprint density at radius 2 is 1.73 bits per heavy atom. The first kappa shape index (κ1) is 13.8. The number of carbonyl (C=O) groups excluding carboxylic acids is 2. The average molecular weight is 239 g/mol. The average Bonchev–Trinajstić information content (AvgIpc) is 2.12. The molecule has 9 heteroatoms. The molecule has 0 bridgehead atoms. The van der Waals surface area contributed by atoms with Crippen LogP contribution in [-0.4, -0.2) is 50.2 Å². The SMILES string of the molecule is [O]CC(=O)NCC(=O)NCCS(=O)(=O)O. The van der Waals surface area contributed by atoms with Gasteiger partial charge in [-0.05, 0) is 0 Å². The molecule has 15 heavy (non-hydrogen) atoms. The summed E-state index contributed by atoms with van der Waals surface area (Å²) in [7, 11) is -4.11. The summed E-state index contributed by atoms with van der Waals surface area (Å²) >= 11 is 0. The summed E-state index contributed by atoms with van der Waals surface area (Å²) in [5, 5.41) is 14.1. The van der Waals surface area contributed by atoms with Crippen molar-refractivity contribution in [3.8, 4) is 0 Å². The molecule has 0 saturated carbocycles. The maximum atomic E-state index is 10.8. The third-order valence-corrected chi connectivity index (χ3v) is 1.98. The smallest absolute Gasteiger partial charge is 0.266 e. The molecule has 0 unspecified atom stereocenters. The van der Waals surface area contributed by atoms with Crippen LogP contribution in [0, 0.1) is 0 Å². The minimum atomic E-state index is -4.11. The molecular weight excluding hydrogens is 228 g/mol. The standard InChI is InChI=1S/C6H11N2O6S/c9-4-6(11)8-3-5(10)7-1-2-15(12,13)14/h1-4H2,(H,7,10)(H,8,11)(H,12,13,14). The van der Waals surface area contributed by atoms with E-state index in [-0.39, 0.29) is 6.54 Å². The maximum Gasteiger partial charge on any atom is 0.266 e. The van der Waals surface area contributed by atoms with Crippen LogP contribution in [0.15, 0.2) is 0 Å². The molecule has 2 amide bonds. The molecule has 0 heterocycles. The number of carbonyl (C=O) groups is 2. The molecular formula is C6H11N2O6S. The minimum absolute atomic E-state index is 0.259. The molecule has 0 aliphatic rings. The lowest BCUT2D eigenvalue weighted by Gasteiger charge is -2.04. The molecule has 0 aliphatic carbocycles. The van der Waals surface area contributed by atoms with Crippen LogP contribution in [0.25, 0.3) is 0 Å². The van der Waals surface area contributed by atoms with Gasteiger partial charge >= 0.3 is 0 Å². The van der Waals surface area contributed by atoms with Gasteiger partial charge in [-0.15, -0.1) is 0 Å². The first-order valence-electron chi connectivity index (χ1n) is 3.92. The molecule has 3 N–H and O–H groups in total. The number of rotatable bonds is 6. The summed E-state index contributed by atoms with van der Waals surface area (Å²) in [5.41, 5.74) is 0. The van der Waals surface area contributed by atoms with Crippen molar-refractivity contribution in [3.05, 3.63) is 0 Å². The van der Waals surface area contributed by atoms with Gasteiger partial charge in [0, 0.05) is 6.54 Å². The van der Waals surface area contributed by atoms with Gasteiger partial charge in [-0.1, -0.05) is 0 Å². The van der Waals surface area contributed by atoms with E-state index < -0.39 is 40.8 Å². The summed E-state index contributed by atoms with van der Waals surface area (Å²) in [6, 6.07) is 0. The van der Waals surface area contributed by atoms with E-state index in [1.165, 1.54) is 0 Å². The van der Waals surface area contributed by atoms with Gasteiger partial charge in [0.05, 0.1) is 12.3 Å². The predicted molar refractivity (Wildman–Crippen MR) is 48.0 cm³/mol. The predicted octanol–water partition coefficient (Wildman–Crippen LogP) is -2.46. The Morgan fingerprint density at radius 3 is 2.20 bits per heavy atom. The second-order valence-electron chi connectivity index (χ2n) is 2.56. The zero-order valence-corrected chi connectivity index (χ0v) is 8.54. The van der Waals surface area contributed by atoms with Gasteiger partial charge in [-0.2, -0.15) is 8.42 Å². The van der Waals surface area contributed by atoms with E-state index in [0.29, 0.717) is 0 Å². The third kappa shape index (κ3) is 9.12. The number of hydrogen-bond donors (Lipinski definition) is 3. The van der Waals surface area contributed by atoms with Crippen LogP contribution >= 0.6 is 0 Å². The Kier molecular flexibility index (Phi) is 5.82. The highest BCUT2D eigenvalue weighted by molar-refractivity contribution is 7.85. The summed E-state index contributed by atoms with van der Waals surface area (Å²) in [4.78, 5) is 21.3. The Morgan fingerprint density at radius 1 is 1.13 bits per heavy atom. The zero-order chi connectivity index (χ0) is 11.9. The molecule has 0 aromatic carbocycles. The Balaban J connectivity index is 3.63. The molecule has 0 saturated heterocycles. The summed E-state index contributed by atoms with van der Waals surface area (Å²) in [6.45, 7) is -1.63. The Bertz CT molecular complexity index is 325. The third-order valence-electron chi connectivity index (χ3n) is 1.26. The van der Waals surface area contributed by atoms with Crippen molar-refractivity contribution in [2.24, 2.45) is 0 Å². The first-order chi connectivity index (χ1) is 6.85. The summed E-state index contributed by atoms with van der Waals surface area (Å²) in [5.74, 6) is -2.06. The van der Waals surface area contributed by atoms with Gasteiger partial charge < -0.3 is 10.6 Å². The second-order valence-corrected chi connectivity index (χ2v) is 4.13. The first-order valence-corrected chi connectivity index (χ1v) is 5.52. The fourth-order valence-corrected chi connectivity index (χ4v) is 0.972. The van der Waals surface area contributed by atoms with E-state index in [4.69, 9.17) is 4.55 Å². The number of amides is 2. The van der Waals surface area contributed by atoms with Gasteiger partial charge in [0.1, 0.15) is 0 Å². The largest absolute Gasteiger partial charge is 0.353 e. The van der Waals surface area contributed by atoms with Gasteiger partial charge in [0.15, 0.2) is 6.61 Å². The topological polar surface area (TPSA) is 132 Å². The second kappa shape index (κ2) is 6.32. The van der Waals surface area contributed by atoms with Crippen LogP contribution in [0.1, 0.15) is 0 Å². The van der Waals surface area contributed by atoms with E-state index in [1.54, 1.807) is 0 Å². The van der Waals surface area contributed by atoms with Crippen LogP contribution in [0.4, 0.5) is 0 Å². The lowest BCUT2D eigenvalue weighted by molar-refractivity contribution is -0.128. The molecule has 0 spiro atoms. The van der Waals surface area contributed by atoms with Crippen LogP contribution in [0.5, 0.6) is 0 Å². The van der Waals surface area contributed by atoms with E-state index in [0.717, 1.165) is 0 Å². The molecule has 0 aromatic heterocycles. The Hall–Kier alpha value is -1.19. The van der Waals surface area contributed by atoms with Gasteiger partial charge in [-0.25, -0.2) is 5.11 Å². The van der Waals surface area contributed by atoms with Crippen LogP contribution < -0.4 is 10.6 Å². The highest BCUT2D eigenvalue weighted by Gasteiger charge is 2.07. The van der Waals surface area contributed by atoms with Gasteiger partial charge in [0.2, 0.25) is 11.8 Å². The lowest BCUT2D eigenvalue weighted by Crippen LogP contribution is -2.39. The minimum Gasteiger partial charge on any atom is -0.353 e. The van der Waals surface area contributed by atoms with Crippen molar-refractivity contribution in [2.45, 2.75) is 0 Å². The quantitative estimate of drug-likeness (QED) is 0.442. The molecule has 0 fully saturated rings. The molecule has 1 radical (unpaired) electrons. The Labute approximate surface area is 86.4 Å². The molecule has 0 rings (SSSR count). The van der Waals surface area contributed by atoms with Crippen molar-refractivity contribution in [2.75, 3.05) is 25.4 Å². The van der Waals surface area contributed by atoms with E-state index in [9.17, 15) is 23.1 Å². The fraction of sp³-hybridized carbons (Fsp3) is 0.667. The molecule has 0 atom stereocenters. The van der Waals surface area contributed by atoms with Crippen molar-refractivity contribution in [1.29, 1.82) is 0 Å². The number of nitrogens with one attached hydrogen (secondary N) is 2. The molecule has 0 aromatic rings. The van der Waals surface area contributed by atoms with Crippen molar-refractivity contribution >= 4 is 21.9 Å². The van der Waals surface area contributed by atoms with Crippen LogP contribution in [-0.2, 0) is 24.8 Å². The van der Waals surface area contributed by atoms with Gasteiger partial charge in [0.25, 0.3) is 10.1 Å². The van der Waals surface area contributed by atoms with E-state index >= 15 is 0 Å². The van der Waals surface area contributed by atoms with Crippen LogP contribution in [0.2, 0.25) is 0 Å². The highest BCUT2D eigenvalue weighted by atomic mass is 32.2. The van der Waals surface area contributed by atoms with Crippen molar-refractivity contribution in [3.63, 3.8) is 0 Å². The molecule has 8 nitrogen and oxygen atoms in total. The molecule has 87 valence electrons. The molecule has 0 aliphatic heterocycles. The van der Waals surface area contributed by atoms with E-state index in [2.05, 4.69) is 5.32 Å². The maximum absolute atomic E-state index is 10.8. The fourth-order valence-electron chi connectivity index (χ4n) is 0.612. The van der Waals surface area contributed by atoms with Crippen LogP contribution in [0.3, 0.4) is 0 Å². The zero-order valence-electron chi connectivity index (χ0n) is 7.73. The monoisotopic (exact) mass is 239 g/mol. The lowest BCUT2D eigenvalue weighted by atomic mass is 10.5. The van der Waals surface area contributed by atoms with Crippen molar-refractivity contribution < 1.29 is 27.7 Å². The summed E-state index contributed by atoms with van der Waals surface area (Å²) in [6.07, 6.45) is 0. The van der Waals surface area contributed by atoms with Crippen molar-refractivity contribution in [1.82, 2.24) is 10.6 Å². The number of hydrogen-bond acceptors (Lipinski definition) is 4. The summed E-state index contributed by atoms with van der Waals surface area (Å²) < 4.78 is 28.7. The normalized spacial score (nSPS) is 10.8. The van der Waals surface area contributed by atoms with Gasteiger partial charge in [-0.3, -0.25) is 14.1 Å².